The predicted molar refractivity (Wildman–Crippen MR) is 64.7 cm³/mol. The number of halogens is 2. The Balaban J connectivity index is 2.60. The summed E-state index contributed by atoms with van der Waals surface area (Å²) in [5.41, 5.74) is 0. The molecule has 0 amide bonds. The van der Waals surface area contributed by atoms with Crippen LogP contribution in [-0.2, 0) is 0 Å². The zero-order chi connectivity index (χ0) is 12.1. The van der Waals surface area contributed by atoms with Crippen molar-refractivity contribution in [2.75, 3.05) is 0 Å². The highest BCUT2D eigenvalue weighted by atomic mass is 19.3. The minimum absolute atomic E-state index is 0.125. The second-order valence-electron chi connectivity index (χ2n) is 5.74. The van der Waals surface area contributed by atoms with E-state index in [1.807, 2.05) is 0 Å². The molecular formula is C14H26F2. The van der Waals surface area contributed by atoms with Crippen molar-refractivity contribution >= 4 is 0 Å². The van der Waals surface area contributed by atoms with Crippen molar-refractivity contribution in [3.63, 3.8) is 0 Å². The summed E-state index contributed by atoms with van der Waals surface area (Å²) in [6.07, 6.45) is 3.67. The highest BCUT2D eigenvalue weighted by molar-refractivity contribution is 4.79. The van der Waals surface area contributed by atoms with E-state index in [1.165, 1.54) is 12.8 Å². The molecule has 1 saturated carbocycles. The highest BCUT2D eigenvalue weighted by Crippen LogP contribution is 2.39. The van der Waals surface area contributed by atoms with E-state index in [2.05, 4.69) is 20.8 Å². The van der Waals surface area contributed by atoms with Crippen molar-refractivity contribution in [3.05, 3.63) is 0 Å². The summed E-state index contributed by atoms with van der Waals surface area (Å²) in [5, 5.41) is 0. The van der Waals surface area contributed by atoms with Crippen LogP contribution >= 0.6 is 0 Å². The molecule has 0 radical (unpaired) electrons. The number of hydrogen-bond acceptors (Lipinski definition) is 0. The van der Waals surface area contributed by atoms with Crippen LogP contribution in [0.2, 0.25) is 0 Å². The zero-order valence-corrected chi connectivity index (χ0v) is 10.9. The van der Waals surface area contributed by atoms with E-state index in [0.29, 0.717) is 11.8 Å². The van der Waals surface area contributed by atoms with E-state index in [4.69, 9.17) is 0 Å². The summed E-state index contributed by atoms with van der Waals surface area (Å²) >= 11 is 0. The Morgan fingerprint density at radius 2 is 1.88 bits per heavy atom. The second kappa shape index (κ2) is 6.56. The number of hydrogen-bond donors (Lipinski definition) is 0. The molecule has 2 heteroatoms. The minimum atomic E-state index is -2.11. The molecule has 0 N–H and O–H groups in total. The normalized spacial score (nSPS) is 32.1. The van der Waals surface area contributed by atoms with E-state index in [1.54, 1.807) is 0 Å². The van der Waals surface area contributed by atoms with E-state index in [-0.39, 0.29) is 12.3 Å². The maximum atomic E-state index is 12.5. The zero-order valence-electron chi connectivity index (χ0n) is 10.9. The van der Waals surface area contributed by atoms with Crippen LogP contribution in [0.25, 0.3) is 0 Å². The molecule has 0 aliphatic heterocycles. The molecule has 3 unspecified atom stereocenters. The van der Waals surface area contributed by atoms with Gasteiger partial charge in [0.25, 0.3) is 0 Å². The van der Waals surface area contributed by atoms with Gasteiger partial charge in [-0.3, -0.25) is 0 Å². The summed E-state index contributed by atoms with van der Waals surface area (Å²) in [6.45, 7) is 6.74. The lowest BCUT2D eigenvalue weighted by molar-refractivity contribution is 0.100. The largest absolute Gasteiger partial charge is 0.238 e. The smallest absolute Gasteiger partial charge is 0.211 e. The summed E-state index contributed by atoms with van der Waals surface area (Å²) in [6, 6.07) is 0. The Bertz CT molecular complexity index is 189. The Hall–Kier alpha value is -0.140. The molecule has 0 aromatic rings. The average Bonchev–Trinajstić information content (AvgIpc) is 2.39. The quantitative estimate of drug-likeness (QED) is 0.589. The van der Waals surface area contributed by atoms with Gasteiger partial charge in [-0.05, 0) is 30.1 Å². The van der Waals surface area contributed by atoms with Gasteiger partial charge in [0.15, 0.2) is 0 Å². The maximum Gasteiger partial charge on any atom is 0.238 e. The van der Waals surface area contributed by atoms with Crippen molar-refractivity contribution in [2.45, 2.75) is 65.7 Å². The summed E-state index contributed by atoms with van der Waals surface area (Å²) in [7, 11) is 0. The first kappa shape index (κ1) is 13.9. The van der Waals surface area contributed by atoms with Gasteiger partial charge < -0.3 is 0 Å². The Morgan fingerprint density at radius 3 is 2.38 bits per heavy atom. The third-order valence-electron chi connectivity index (χ3n) is 4.29. The lowest BCUT2D eigenvalue weighted by Crippen LogP contribution is -2.21. The molecule has 0 bridgehead atoms. The molecule has 3 atom stereocenters. The Labute approximate surface area is 98.8 Å². The molecule has 1 fully saturated rings. The van der Waals surface area contributed by atoms with Gasteiger partial charge in [0.1, 0.15) is 0 Å². The SMILES string of the molecule is CCC1CCCC(CC(F)F)CC1C(C)C. The van der Waals surface area contributed by atoms with E-state index >= 15 is 0 Å². The fraction of sp³-hybridized carbons (Fsp3) is 1.00. The van der Waals surface area contributed by atoms with Gasteiger partial charge in [0.05, 0.1) is 0 Å². The van der Waals surface area contributed by atoms with Crippen molar-refractivity contribution in [2.24, 2.45) is 23.7 Å². The lowest BCUT2D eigenvalue weighted by atomic mass is 9.77. The van der Waals surface area contributed by atoms with E-state index in [9.17, 15) is 8.78 Å². The van der Waals surface area contributed by atoms with E-state index in [0.717, 1.165) is 25.2 Å². The molecule has 1 aliphatic rings. The first-order chi connectivity index (χ1) is 7.54. The van der Waals surface area contributed by atoms with Crippen molar-refractivity contribution in [3.8, 4) is 0 Å². The lowest BCUT2D eigenvalue weighted by Gasteiger charge is -2.29. The fourth-order valence-corrected chi connectivity index (χ4v) is 3.37. The molecule has 1 aliphatic carbocycles. The molecule has 1 rings (SSSR count). The minimum Gasteiger partial charge on any atom is -0.211 e. The summed E-state index contributed by atoms with van der Waals surface area (Å²) in [5.74, 6) is 2.34. The number of rotatable bonds is 4. The third kappa shape index (κ3) is 4.03. The van der Waals surface area contributed by atoms with Crippen LogP contribution in [0, 0.1) is 23.7 Å². The van der Waals surface area contributed by atoms with Crippen LogP contribution in [0.5, 0.6) is 0 Å². The maximum absolute atomic E-state index is 12.5. The molecule has 0 nitrogen and oxygen atoms in total. The number of alkyl halides is 2. The molecule has 0 saturated heterocycles. The molecule has 0 spiro atoms. The van der Waals surface area contributed by atoms with Gasteiger partial charge in [-0.2, -0.15) is 0 Å². The molecule has 16 heavy (non-hydrogen) atoms. The van der Waals surface area contributed by atoms with Crippen LogP contribution in [0.3, 0.4) is 0 Å². The topological polar surface area (TPSA) is 0 Å². The van der Waals surface area contributed by atoms with Gasteiger partial charge in [0.2, 0.25) is 6.43 Å². The Kier molecular flexibility index (Phi) is 5.71. The summed E-state index contributed by atoms with van der Waals surface area (Å²) in [4.78, 5) is 0. The second-order valence-corrected chi connectivity index (χ2v) is 5.74. The third-order valence-corrected chi connectivity index (χ3v) is 4.29. The summed E-state index contributed by atoms with van der Waals surface area (Å²) < 4.78 is 24.9. The predicted octanol–water partition coefficient (Wildman–Crippen LogP) is 5.13. The molecule has 0 aromatic carbocycles. The standard InChI is InChI=1S/C14H26F2/c1-4-12-7-5-6-11(9-14(15)16)8-13(12)10(2)3/h10-14H,4-9H2,1-3H3. The first-order valence-electron chi connectivity index (χ1n) is 6.82. The van der Waals surface area contributed by atoms with Gasteiger partial charge >= 0.3 is 0 Å². The van der Waals surface area contributed by atoms with Crippen LogP contribution in [0.4, 0.5) is 8.78 Å². The van der Waals surface area contributed by atoms with E-state index < -0.39 is 6.43 Å². The molecular weight excluding hydrogens is 206 g/mol. The molecule has 0 heterocycles. The van der Waals surface area contributed by atoms with Gasteiger partial charge in [0, 0.05) is 6.42 Å². The van der Waals surface area contributed by atoms with Crippen LogP contribution in [0.1, 0.15) is 59.3 Å². The van der Waals surface area contributed by atoms with Gasteiger partial charge in [-0.25, -0.2) is 8.78 Å². The van der Waals surface area contributed by atoms with Crippen molar-refractivity contribution in [1.29, 1.82) is 0 Å². The van der Waals surface area contributed by atoms with Crippen molar-refractivity contribution < 1.29 is 8.78 Å². The Morgan fingerprint density at radius 1 is 1.19 bits per heavy atom. The molecule has 96 valence electrons. The van der Waals surface area contributed by atoms with Crippen molar-refractivity contribution in [1.82, 2.24) is 0 Å². The average molecular weight is 232 g/mol. The fourth-order valence-electron chi connectivity index (χ4n) is 3.37. The monoisotopic (exact) mass is 232 g/mol. The first-order valence-corrected chi connectivity index (χ1v) is 6.82. The van der Waals surface area contributed by atoms with Gasteiger partial charge in [-0.1, -0.05) is 46.5 Å². The van der Waals surface area contributed by atoms with Crippen LogP contribution in [-0.4, -0.2) is 6.43 Å². The van der Waals surface area contributed by atoms with Crippen LogP contribution < -0.4 is 0 Å². The highest BCUT2D eigenvalue weighted by Gasteiger charge is 2.30. The van der Waals surface area contributed by atoms with Gasteiger partial charge in [-0.15, -0.1) is 0 Å². The molecule has 0 aromatic heterocycles. The van der Waals surface area contributed by atoms with Crippen LogP contribution in [0.15, 0.2) is 0 Å².